The SMILES string of the molecule is CN(Cc1ccc(OC(F)F)cc1)C(=O)CC1CCCCC1. The number of alkyl halides is 2. The largest absolute Gasteiger partial charge is 0.435 e. The number of carbonyl (C=O) groups excluding carboxylic acids is 1. The van der Waals surface area contributed by atoms with Crippen LogP contribution < -0.4 is 4.74 Å². The van der Waals surface area contributed by atoms with Gasteiger partial charge in [-0.1, -0.05) is 31.4 Å². The monoisotopic (exact) mass is 311 g/mol. The van der Waals surface area contributed by atoms with Gasteiger partial charge in [0.1, 0.15) is 5.75 Å². The average Bonchev–Trinajstić information content (AvgIpc) is 2.49. The van der Waals surface area contributed by atoms with Gasteiger partial charge in [-0.15, -0.1) is 0 Å². The molecule has 22 heavy (non-hydrogen) atoms. The van der Waals surface area contributed by atoms with Gasteiger partial charge < -0.3 is 9.64 Å². The fraction of sp³-hybridized carbons (Fsp3) is 0.588. The molecule has 1 aromatic rings. The van der Waals surface area contributed by atoms with Gasteiger partial charge in [-0.2, -0.15) is 8.78 Å². The van der Waals surface area contributed by atoms with Crippen molar-refractivity contribution < 1.29 is 18.3 Å². The summed E-state index contributed by atoms with van der Waals surface area (Å²) < 4.78 is 28.5. The quantitative estimate of drug-likeness (QED) is 0.787. The third-order valence-corrected chi connectivity index (χ3v) is 4.18. The van der Waals surface area contributed by atoms with Gasteiger partial charge in [0, 0.05) is 20.0 Å². The van der Waals surface area contributed by atoms with Crippen LogP contribution >= 0.6 is 0 Å². The van der Waals surface area contributed by atoms with Crippen molar-refractivity contribution in [2.75, 3.05) is 7.05 Å². The van der Waals surface area contributed by atoms with Gasteiger partial charge in [0.15, 0.2) is 0 Å². The highest BCUT2D eigenvalue weighted by Crippen LogP contribution is 2.27. The summed E-state index contributed by atoms with van der Waals surface area (Å²) in [6.07, 6.45) is 6.66. The lowest BCUT2D eigenvalue weighted by molar-refractivity contribution is -0.131. The van der Waals surface area contributed by atoms with Gasteiger partial charge >= 0.3 is 6.61 Å². The number of ether oxygens (including phenoxy) is 1. The Kier molecular flexibility index (Phi) is 6.16. The van der Waals surface area contributed by atoms with Crippen LogP contribution in [0.25, 0.3) is 0 Å². The Bertz CT molecular complexity index is 470. The number of benzene rings is 1. The standard InChI is InChI=1S/C17H23F2NO2/c1-20(16(21)11-13-5-3-2-4-6-13)12-14-7-9-15(10-8-14)22-17(18)19/h7-10,13,17H,2-6,11-12H2,1H3. The Hall–Kier alpha value is -1.65. The Balaban J connectivity index is 1.82. The van der Waals surface area contributed by atoms with Crippen molar-refractivity contribution in [3.05, 3.63) is 29.8 Å². The van der Waals surface area contributed by atoms with Crippen molar-refractivity contribution in [2.24, 2.45) is 5.92 Å². The van der Waals surface area contributed by atoms with Crippen LogP contribution in [-0.2, 0) is 11.3 Å². The van der Waals surface area contributed by atoms with E-state index < -0.39 is 6.61 Å². The summed E-state index contributed by atoms with van der Waals surface area (Å²) in [6.45, 7) is -2.33. The van der Waals surface area contributed by atoms with E-state index in [1.807, 2.05) is 0 Å². The molecule has 1 aliphatic rings. The van der Waals surface area contributed by atoms with Crippen LogP contribution in [0.1, 0.15) is 44.1 Å². The van der Waals surface area contributed by atoms with Crippen molar-refractivity contribution in [1.82, 2.24) is 4.90 Å². The normalized spacial score (nSPS) is 15.8. The van der Waals surface area contributed by atoms with Crippen LogP contribution in [0.5, 0.6) is 5.75 Å². The molecule has 122 valence electrons. The Morgan fingerprint density at radius 3 is 2.45 bits per heavy atom. The first-order valence-electron chi connectivity index (χ1n) is 7.82. The molecule has 1 amide bonds. The summed E-state index contributed by atoms with van der Waals surface area (Å²) in [7, 11) is 1.79. The van der Waals surface area contributed by atoms with Crippen LogP contribution in [0.2, 0.25) is 0 Å². The molecule has 0 saturated heterocycles. The zero-order chi connectivity index (χ0) is 15.9. The number of halogens is 2. The molecule has 0 heterocycles. The van der Waals surface area contributed by atoms with Crippen LogP contribution in [0.4, 0.5) is 8.78 Å². The molecule has 0 atom stereocenters. The van der Waals surface area contributed by atoms with Crippen molar-refractivity contribution >= 4 is 5.91 Å². The molecule has 0 N–H and O–H groups in total. The van der Waals surface area contributed by atoms with Crippen LogP contribution in [0.15, 0.2) is 24.3 Å². The van der Waals surface area contributed by atoms with E-state index >= 15 is 0 Å². The average molecular weight is 311 g/mol. The molecule has 1 fully saturated rings. The summed E-state index contributed by atoms with van der Waals surface area (Å²) in [4.78, 5) is 13.9. The smallest absolute Gasteiger partial charge is 0.387 e. The number of hydrogen-bond donors (Lipinski definition) is 0. The predicted molar refractivity (Wildman–Crippen MR) is 80.7 cm³/mol. The number of rotatable bonds is 6. The zero-order valence-electron chi connectivity index (χ0n) is 12.9. The fourth-order valence-electron chi connectivity index (χ4n) is 2.93. The fourth-order valence-corrected chi connectivity index (χ4v) is 2.93. The van der Waals surface area contributed by atoms with Gasteiger partial charge in [0.25, 0.3) is 0 Å². The van der Waals surface area contributed by atoms with Gasteiger partial charge in [0.2, 0.25) is 5.91 Å². The number of carbonyl (C=O) groups is 1. The number of amides is 1. The molecule has 0 bridgehead atoms. The molecular weight excluding hydrogens is 288 g/mol. The van der Waals surface area contributed by atoms with Crippen molar-refractivity contribution in [3.8, 4) is 5.75 Å². The summed E-state index contributed by atoms with van der Waals surface area (Å²) >= 11 is 0. The molecule has 1 saturated carbocycles. The minimum absolute atomic E-state index is 0.134. The Labute approximate surface area is 130 Å². The molecular formula is C17H23F2NO2. The van der Waals surface area contributed by atoms with Crippen molar-refractivity contribution in [2.45, 2.75) is 51.7 Å². The highest BCUT2D eigenvalue weighted by atomic mass is 19.3. The highest BCUT2D eigenvalue weighted by molar-refractivity contribution is 5.76. The van der Waals surface area contributed by atoms with Gasteiger partial charge in [-0.05, 0) is 36.5 Å². The molecule has 2 rings (SSSR count). The highest BCUT2D eigenvalue weighted by Gasteiger charge is 2.19. The Morgan fingerprint density at radius 2 is 1.86 bits per heavy atom. The van der Waals surface area contributed by atoms with E-state index in [2.05, 4.69) is 4.74 Å². The lowest BCUT2D eigenvalue weighted by atomic mass is 9.86. The van der Waals surface area contributed by atoms with E-state index in [4.69, 9.17) is 0 Å². The zero-order valence-corrected chi connectivity index (χ0v) is 12.9. The molecule has 0 aliphatic heterocycles. The number of hydrogen-bond acceptors (Lipinski definition) is 2. The van der Waals surface area contributed by atoms with Crippen molar-refractivity contribution in [1.29, 1.82) is 0 Å². The third kappa shape index (κ3) is 5.28. The van der Waals surface area contributed by atoms with E-state index in [1.165, 1.54) is 31.4 Å². The summed E-state index contributed by atoms with van der Waals surface area (Å²) in [6, 6.07) is 6.42. The first kappa shape index (κ1) is 16.7. The van der Waals surface area contributed by atoms with E-state index in [0.29, 0.717) is 18.9 Å². The van der Waals surface area contributed by atoms with E-state index in [9.17, 15) is 13.6 Å². The molecule has 5 heteroatoms. The lowest BCUT2D eigenvalue weighted by Crippen LogP contribution is -2.28. The maximum absolute atomic E-state index is 12.2. The minimum atomic E-state index is -2.81. The van der Waals surface area contributed by atoms with E-state index in [0.717, 1.165) is 18.4 Å². The first-order valence-corrected chi connectivity index (χ1v) is 7.82. The maximum atomic E-state index is 12.2. The summed E-state index contributed by atoms with van der Waals surface area (Å²) in [5.41, 5.74) is 0.904. The second-order valence-electron chi connectivity index (χ2n) is 5.98. The second kappa shape index (κ2) is 8.11. The van der Waals surface area contributed by atoms with E-state index in [1.54, 1.807) is 24.1 Å². The third-order valence-electron chi connectivity index (χ3n) is 4.18. The number of nitrogens with zero attached hydrogens (tertiary/aromatic N) is 1. The van der Waals surface area contributed by atoms with Crippen molar-refractivity contribution in [3.63, 3.8) is 0 Å². The maximum Gasteiger partial charge on any atom is 0.387 e. The van der Waals surface area contributed by atoms with Crippen LogP contribution in [0.3, 0.4) is 0 Å². The van der Waals surface area contributed by atoms with Crippen LogP contribution in [0, 0.1) is 5.92 Å². The molecule has 3 nitrogen and oxygen atoms in total. The lowest BCUT2D eigenvalue weighted by Gasteiger charge is -2.24. The second-order valence-corrected chi connectivity index (χ2v) is 5.98. The molecule has 1 aliphatic carbocycles. The topological polar surface area (TPSA) is 29.5 Å². The summed E-state index contributed by atoms with van der Waals surface area (Å²) in [5, 5.41) is 0. The molecule has 1 aromatic carbocycles. The van der Waals surface area contributed by atoms with E-state index in [-0.39, 0.29) is 11.7 Å². The molecule has 0 unspecified atom stereocenters. The van der Waals surface area contributed by atoms with Crippen LogP contribution in [-0.4, -0.2) is 24.5 Å². The molecule has 0 radical (unpaired) electrons. The first-order chi connectivity index (χ1) is 10.5. The predicted octanol–water partition coefficient (Wildman–Crippen LogP) is 4.22. The molecule has 0 spiro atoms. The summed E-state index contributed by atoms with van der Waals surface area (Å²) in [5.74, 6) is 0.806. The Morgan fingerprint density at radius 1 is 1.23 bits per heavy atom. The molecule has 0 aromatic heterocycles. The minimum Gasteiger partial charge on any atom is -0.435 e. The van der Waals surface area contributed by atoms with Gasteiger partial charge in [-0.3, -0.25) is 4.79 Å². The van der Waals surface area contributed by atoms with Gasteiger partial charge in [-0.25, -0.2) is 0 Å². The van der Waals surface area contributed by atoms with Gasteiger partial charge in [0.05, 0.1) is 0 Å².